The van der Waals surface area contributed by atoms with E-state index < -0.39 is 12.1 Å². The molecule has 1 atom stereocenters. The van der Waals surface area contributed by atoms with Crippen LogP contribution in [0, 0.1) is 5.92 Å². The van der Waals surface area contributed by atoms with Crippen molar-refractivity contribution in [2.45, 2.75) is 32.1 Å². The SMILES string of the molecule is CC(CCCNC(=O)OCC1c2ccccc2-c2ccccc21)C(=O)N1CC=C(C(=O)O)CC1. The molecule has 0 spiro atoms. The number of hydrogen-bond acceptors (Lipinski definition) is 4. The van der Waals surface area contributed by atoms with E-state index in [-0.39, 0.29) is 24.3 Å². The Kier molecular flexibility index (Phi) is 7.30. The second-order valence-electron chi connectivity index (χ2n) is 8.86. The van der Waals surface area contributed by atoms with Gasteiger partial charge in [0.25, 0.3) is 0 Å². The smallest absolute Gasteiger partial charge is 0.407 e. The molecule has 34 heavy (non-hydrogen) atoms. The van der Waals surface area contributed by atoms with Crippen LogP contribution in [0.5, 0.6) is 0 Å². The summed E-state index contributed by atoms with van der Waals surface area (Å²) in [4.78, 5) is 37.6. The Labute approximate surface area is 199 Å². The van der Waals surface area contributed by atoms with Crippen molar-refractivity contribution in [2.75, 3.05) is 26.2 Å². The van der Waals surface area contributed by atoms with Gasteiger partial charge in [0.1, 0.15) is 6.61 Å². The molecule has 4 rings (SSSR count). The number of carboxylic acids is 1. The summed E-state index contributed by atoms with van der Waals surface area (Å²) in [6.45, 7) is 3.33. The van der Waals surface area contributed by atoms with Crippen LogP contribution in [0.4, 0.5) is 4.79 Å². The van der Waals surface area contributed by atoms with E-state index in [1.54, 1.807) is 11.0 Å². The number of carbonyl (C=O) groups excluding carboxylic acids is 2. The van der Waals surface area contributed by atoms with Crippen LogP contribution < -0.4 is 5.32 Å². The summed E-state index contributed by atoms with van der Waals surface area (Å²) in [6, 6.07) is 16.4. The zero-order valence-corrected chi connectivity index (χ0v) is 19.3. The molecule has 1 unspecified atom stereocenters. The summed E-state index contributed by atoms with van der Waals surface area (Å²) in [5.41, 5.74) is 5.09. The third kappa shape index (κ3) is 5.14. The van der Waals surface area contributed by atoms with Crippen LogP contribution in [0.1, 0.15) is 43.2 Å². The Bertz CT molecular complexity index is 1060. The average Bonchev–Trinajstić information content (AvgIpc) is 3.18. The fourth-order valence-corrected chi connectivity index (χ4v) is 4.75. The van der Waals surface area contributed by atoms with E-state index in [1.807, 2.05) is 31.2 Å². The Balaban J connectivity index is 1.19. The van der Waals surface area contributed by atoms with Crippen LogP contribution in [-0.4, -0.2) is 54.2 Å². The third-order valence-electron chi connectivity index (χ3n) is 6.64. The molecule has 1 heterocycles. The Morgan fingerprint density at radius 2 is 1.74 bits per heavy atom. The van der Waals surface area contributed by atoms with Crippen LogP contribution in [0.15, 0.2) is 60.2 Å². The predicted octanol–water partition coefficient (Wildman–Crippen LogP) is 4.18. The van der Waals surface area contributed by atoms with Gasteiger partial charge in [-0.05, 0) is 41.5 Å². The molecule has 2 N–H and O–H groups in total. The van der Waals surface area contributed by atoms with Crippen molar-refractivity contribution in [2.24, 2.45) is 5.92 Å². The monoisotopic (exact) mass is 462 g/mol. The number of fused-ring (bicyclic) bond motifs is 3. The number of carbonyl (C=O) groups is 3. The Morgan fingerprint density at radius 3 is 2.32 bits per heavy atom. The summed E-state index contributed by atoms with van der Waals surface area (Å²) >= 11 is 0. The molecule has 0 aromatic heterocycles. The van der Waals surface area contributed by atoms with Crippen LogP contribution in [0.2, 0.25) is 0 Å². The number of nitrogens with zero attached hydrogens (tertiary/aromatic N) is 1. The number of ether oxygens (including phenoxy) is 1. The maximum Gasteiger partial charge on any atom is 0.407 e. The van der Waals surface area contributed by atoms with Crippen LogP contribution in [0.3, 0.4) is 0 Å². The molecule has 0 saturated heterocycles. The average molecular weight is 463 g/mol. The Hall–Kier alpha value is -3.61. The number of alkyl carbamates (subject to hydrolysis) is 1. The van der Waals surface area contributed by atoms with Gasteiger partial charge >= 0.3 is 12.1 Å². The first kappa shape index (κ1) is 23.5. The van der Waals surface area contributed by atoms with Crippen molar-refractivity contribution in [1.29, 1.82) is 0 Å². The molecule has 0 radical (unpaired) electrons. The summed E-state index contributed by atoms with van der Waals surface area (Å²) in [6.07, 6.45) is 2.81. The third-order valence-corrected chi connectivity index (χ3v) is 6.64. The van der Waals surface area contributed by atoms with Gasteiger partial charge in [-0.3, -0.25) is 4.79 Å². The first-order chi connectivity index (χ1) is 16.5. The molecule has 0 fully saturated rings. The van der Waals surface area contributed by atoms with E-state index >= 15 is 0 Å². The molecule has 1 aliphatic carbocycles. The van der Waals surface area contributed by atoms with Gasteiger partial charge in [0.15, 0.2) is 0 Å². The zero-order chi connectivity index (χ0) is 24.1. The van der Waals surface area contributed by atoms with Gasteiger partial charge in [0.2, 0.25) is 5.91 Å². The van der Waals surface area contributed by atoms with Gasteiger partial charge in [-0.1, -0.05) is 61.5 Å². The highest BCUT2D eigenvalue weighted by Crippen LogP contribution is 2.44. The van der Waals surface area contributed by atoms with E-state index in [4.69, 9.17) is 9.84 Å². The van der Waals surface area contributed by atoms with E-state index in [2.05, 4.69) is 29.6 Å². The molecule has 7 nitrogen and oxygen atoms in total. The van der Waals surface area contributed by atoms with E-state index in [0.717, 1.165) is 0 Å². The largest absolute Gasteiger partial charge is 0.478 e. The fraction of sp³-hybridized carbons (Fsp3) is 0.370. The van der Waals surface area contributed by atoms with E-state index in [9.17, 15) is 14.4 Å². The number of nitrogens with one attached hydrogen (secondary N) is 1. The topological polar surface area (TPSA) is 95.9 Å². The molecule has 2 amide bonds. The van der Waals surface area contributed by atoms with Crippen LogP contribution in [-0.2, 0) is 14.3 Å². The molecule has 0 saturated carbocycles. The standard InChI is InChI=1S/C27H30N2O5/c1-18(25(30)29-15-12-19(13-16-29)26(31)32)7-6-14-28-27(33)34-17-24-22-10-4-2-8-20(22)21-9-3-5-11-23(21)24/h2-5,8-12,18,24H,6-7,13-17H2,1H3,(H,28,33)(H,31,32). The lowest BCUT2D eigenvalue weighted by atomic mass is 9.98. The quantitative estimate of drug-likeness (QED) is 0.574. The second-order valence-corrected chi connectivity index (χ2v) is 8.86. The molecule has 7 heteroatoms. The van der Waals surface area contributed by atoms with Gasteiger partial charge in [-0.25, -0.2) is 9.59 Å². The van der Waals surface area contributed by atoms with Gasteiger partial charge in [0.05, 0.1) is 0 Å². The van der Waals surface area contributed by atoms with Crippen molar-refractivity contribution in [3.05, 3.63) is 71.3 Å². The molecular weight excluding hydrogens is 432 g/mol. The lowest BCUT2D eigenvalue weighted by molar-refractivity contribution is -0.136. The van der Waals surface area contributed by atoms with Crippen molar-refractivity contribution in [3.8, 4) is 11.1 Å². The van der Waals surface area contributed by atoms with Crippen LogP contribution >= 0.6 is 0 Å². The summed E-state index contributed by atoms with van der Waals surface area (Å²) < 4.78 is 5.54. The minimum atomic E-state index is -0.917. The normalized spacial score (nSPS) is 15.7. The lowest BCUT2D eigenvalue weighted by Gasteiger charge is -2.28. The van der Waals surface area contributed by atoms with Gasteiger partial charge in [-0.2, -0.15) is 0 Å². The maximum atomic E-state index is 12.6. The number of carboxylic acid groups (broad SMARTS) is 1. The molecule has 178 valence electrons. The van der Waals surface area contributed by atoms with Crippen molar-refractivity contribution < 1.29 is 24.2 Å². The number of rotatable bonds is 8. The molecule has 2 aliphatic rings. The fourth-order valence-electron chi connectivity index (χ4n) is 4.75. The first-order valence-electron chi connectivity index (χ1n) is 11.8. The summed E-state index contributed by atoms with van der Waals surface area (Å²) in [7, 11) is 0. The molecule has 0 bridgehead atoms. The number of aliphatic carboxylic acids is 1. The van der Waals surface area contributed by atoms with Gasteiger partial charge in [-0.15, -0.1) is 0 Å². The van der Waals surface area contributed by atoms with Crippen molar-refractivity contribution >= 4 is 18.0 Å². The predicted molar refractivity (Wildman–Crippen MR) is 128 cm³/mol. The number of hydrogen-bond donors (Lipinski definition) is 2. The highest BCUT2D eigenvalue weighted by molar-refractivity contribution is 5.87. The zero-order valence-electron chi connectivity index (χ0n) is 19.3. The van der Waals surface area contributed by atoms with E-state index in [1.165, 1.54) is 22.3 Å². The maximum absolute atomic E-state index is 12.6. The minimum absolute atomic E-state index is 0.0156. The molecule has 1 aliphatic heterocycles. The first-order valence-corrected chi connectivity index (χ1v) is 11.8. The summed E-state index contributed by atoms with van der Waals surface area (Å²) in [5, 5.41) is 11.8. The minimum Gasteiger partial charge on any atom is -0.478 e. The number of benzene rings is 2. The van der Waals surface area contributed by atoms with Crippen molar-refractivity contribution in [1.82, 2.24) is 10.2 Å². The van der Waals surface area contributed by atoms with Crippen molar-refractivity contribution in [3.63, 3.8) is 0 Å². The highest BCUT2D eigenvalue weighted by atomic mass is 16.5. The van der Waals surface area contributed by atoms with E-state index in [0.29, 0.717) is 44.5 Å². The van der Waals surface area contributed by atoms with Gasteiger partial charge in [0, 0.05) is 37.0 Å². The van der Waals surface area contributed by atoms with Gasteiger partial charge < -0.3 is 20.1 Å². The highest BCUT2D eigenvalue weighted by Gasteiger charge is 2.29. The Morgan fingerprint density at radius 1 is 1.09 bits per heavy atom. The number of amides is 2. The molecular formula is C27H30N2O5. The second kappa shape index (κ2) is 10.5. The molecule has 2 aromatic carbocycles. The molecule has 2 aromatic rings. The van der Waals surface area contributed by atoms with Crippen LogP contribution in [0.25, 0.3) is 11.1 Å². The summed E-state index contributed by atoms with van der Waals surface area (Å²) in [5.74, 6) is -1.07. The lowest BCUT2D eigenvalue weighted by Crippen LogP contribution is -2.39.